The fourth-order valence-electron chi connectivity index (χ4n) is 3.85. The largest absolute Gasteiger partial charge is 0.399 e. The number of aromatic nitrogens is 2. The predicted molar refractivity (Wildman–Crippen MR) is 80.0 cm³/mol. The molecule has 0 radical (unpaired) electrons. The molecule has 1 aromatic heterocycles. The van der Waals surface area contributed by atoms with Crippen LogP contribution in [0.5, 0.6) is 0 Å². The molecule has 1 aliphatic rings. The molecule has 19 heavy (non-hydrogen) atoms. The maximum atomic E-state index is 5.83. The van der Waals surface area contributed by atoms with Gasteiger partial charge in [0.05, 0.1) is 17.4 Å². The molecule has 0 saturated heterocycles. The number of nitrogen functional groups attached to an aromatic ring is 1. The normalized spacial score (nSPS) is 26.7. The number of hydrogen-bond donors (Lipinski definition) is 1. The zero-order valence-electron chi connectivity index (χ0n) is 12.1. The van der Waals surface area contributed by atoms with E-state index in [1.54, 1.807) is 0 Å². The number of imidazole rings is 1. The first-order valence-electron chi connectivity index (χ1n) is 7.17. The zero-order valence-corrected chi connectivity index (χ0v) is 12.1. The molecular weight excluding hydrogens is 234 g/mol. The van der Waals surface area contributed by atoms with Gasteiger partial charge in [-0.1, -0.05) is 20.8 Å². The van der Waals surface area contributed by atoms with E-state index in [1.807, 2.05) is 18.5 Å². The summed E-state index contributed by atoms with van der Waals surface area (Å²) in [5, 5.41) is 0. The van der Waals surface area contributed by atoms with E-state index in [2.05, 4.69) is 36.4 Å². The van der Waals surface area contributed by atoms with E-state index < -0.39 is 0 Å². The lowest BCUT2D eigenvalue weighted by molar-refractivity contribution is 0.139. The highest BCUT2D eigenvalue weighted by Gasteiger charge is 2.33. The first-order valence-corrected chi connectivity index (χ1v) is 7.17. The number of hydrogen-bond acceptors (Lipinski definition) is 2. The standard InChI is InChI=1S/C16H23N3/c1-11-6-13(9-16(2,3)8-11)19-10-18-14-7-12(17)4-5-15(14)19/h4-5,7,10-11,13H,6,8-9,17H2,1-3H3/t11-,13-/m0/s1. The maximum absolute atomic E-state index is 5.83. The summed E-state index contributed by atoms with van der Waals surface area (Å²) in [7, 11) is 0. The number of benzene rings is 1. The van der Waals surface area contributed by atoms with Crippen LogP contribution in [0.1, 0.15) is 46.1 Å². The summed E-state index contributed by atoms with van der Waals surface area (Å²) in [5.41, 5.74) is 9.26. The zero-order chi connectivity index (χ0) is 13.6. The van der Waals surface area contributed by atoms with Gasteiger partial charge in [-0.05, 0) is 48.8 Å². The number of rotatable bonds is 1. The Morgan fingerprint density at radius 2 is 2.11 bits per heavy atom. The Morgan fingerprint density at radius 1 is 1.32 bits per heavy atom. The lowest BCUT2D eigenvalue weighted by Crippen LogP contribution is -2.29. The second-order valence-corrected chi connectivity index (χ2v) is 6.97. The Bertz CT molecular complexity index is 597. The van der Waals surface area contributed by atoms with Crippen LogP contribution in [-0.2, 0) is 0 Å². The van der Waals surface area contributed by atoms with Gasteiger partial charge in [-0.2, -0.15) is 0 Å². The summed E-state index contributed by atoms with van der Waals surface area (Å²) in [6, 6.07) is 6.60. The van der Waals surface area contributed by atoms with Gasteiger partial charge in [0.1, 0.15) is 0 Å². The van der Waals surface area contributed by atoms with Crippen LogP contribution >= 0.6 is 0 Å². The molecule has 2 N–H and O–H groups in total. The van der Waals surface area contributed by atoms with Gasteiger partial charge >= 0.3 is 0 Å². The van der Waals surface area contributed by atoms with Gasteiger partial charge in [0.15, 0.2) is 0 Å². The smallest absolute Gasteiger partial charge is 0.0960 e. The van der Waals surface area contributed by atoms with Crippen molar-refractivity contribution in [3.63, 3.8) is 0 Å². The van der Waals surface area contributed by atoms with Crippen molar-refractivity contribution < 1.29 is 0 Å². The highest BCUT2D eigenvalue weighted by molar-refractivity contribution is 5.79. The van der Waals surface area contributed by atoms with Crippen LogP contribution in [0.2, 0.25) is 0 Å². The second kappa shape index (κ2) is 4.26. The van der Waals surface area contributed by atoms with Gasteiger partial charge < -0.3 is 10.3 Å². The van der Waals surface area contributed by atoms with E-state index in [1.165, 1.54) is 24.8 Å². The SMILES string of the molecule is C[C@H]1C[C@H](n2cnc3cc(N)ccc32)CC(C)(C)C1. The molecule has 0 bridgehead atoms. The highest BCUT2D eigenvalue weighted by Crippen LogP contribution is 2.44. The topological polar surface area (TPSA) is 43.8 Å². The van der Waals surface area contributed by atoms with E-state index in [9.17, 15) is 0 Å². The second-order valence-electron chi connectivity index (χ2n) is 6.97. The first kappa shape index (κ1) is 12.5. The molecule has 2 atom stereocenters. The van der Waals surface area contributed by atoms with Crippen molar-refractivity contribution in [2.45, 2.75) is 46.1 Å². The summed E-state index contributed by atoms with van der Waals surface area (Å²) >= 11 is 0. The van der Waals surface area contributed by atoms with Crippen LogP contribution in [-0.4, -0.2) is 9.55 Å². The fourth-order valence-corrected chi connectivity index (χ4v) is 3.85. The lowest BCUT2D eigenvalue weighted by atomic mass is 9.70. The van der Waals surface area contributed by atoms with E-state index in [0.717, 1.165) is 17.1 Å². The van der Waals surface area contributed by atoms with Crippen LogP contribution in [0.25, 0.3) is 11.0 Å². The van der Waals surface area contributed by atoms with Gasteiger partial charge in [0.2, 0.25) is 0 Å². The summed E-state index contributed by atoms with van der Waals surface area (Å²) in [6.45, 7) is 7.13. The average Bonchev–Trinajstić information content (AvgIpc) is 2.68. The molecule has 1 aromatic carbocycles. The van der Waals surface area contributed by atoms with Crippen LogP contribution < -0.4 is 5.73 Å². The minimum absolute atomic E-state index is 0.423. The minimum atomic E-state index is 0.423. The monoisotopic (exact) mass is 257 g/mol. The van der Waals surface area contributed by atoms with Gasteiger partial charge in [-0.3, -0.25) is 0 Å². The first-order chi connectivity index (χ1) is 8.94. The van der Waals surface area contributed by atoms with E-state index in [-0.39, 0.29) is 0 Å². The number of nitrogens with two attached hydrogens (primary N) is 1. The molecule has 1 aliphatic carbocycles. The number of anilines is 1. The molecule has 1 heterocycles. The molecule has 3 rings (SSSR count). The van der Waals surface area contributed by atoms with Gasteiger partial charge in [-0.15, -0.1) is 0 Å². The van der Waals surface area contributed by atoms with E-state index in [4.69, 9.17) is 5.73 Å². The van der Waals surface area contributed by atoms with Crippen molar-refractivity contribution >= 4 is 16.7 Å². The number of fused-ring (bicyclic) bond motifs is 1. The molecule has 3 heteroatoms. The summed E-state index contributed by atoms with van der Waals surface area (Å²) in [5.74, 6) is 0.778. The number of nitrogens with zero attached hydrogens (tertiary/aromatic N) is 2. The Kier molecular flexibility index (Phi) is 2.80. The van der Waals surface area contributed by atoms with Crippen LogP contribution in [0.4, 0.5) is 5.69 Å². The Labute approximate surface area is 114 Å². The maximum Gasteiger partial charge on any atom is 0.0960 e. The lowest BCUT2D eigenvalue weighted by Gasteiger charge is -2.39. The quantitative estimate of drug-likeness (QED) is 0.784. The third-order valence-electron chi connectivity index (χ3n) is 4.36. The minimum Gasteiger partial charge on any atom is -0.399 e. The van der Waals surface area contributed by atoms with Crippen LogP contribution in [0.15, 0.2) is 24.5 Å². The Morgan fingerprint density at radius 3 is 2.84 bits per heavy atom. The fraction of sp³-hybridized carbons (Fsp3) is 0.562. The molecular formula is C16H23N3. The van der Waals surface area contributed by atoms with Crippen molar-refractivity contribution in [1.29, 1.82) is 0 Å². The highest BCUT2D eigenvalue weighted by atomic mass is 15.1. The van der Waals surface area contributed by atoms with Crippen molar-refractivity contribution in [3.05, 3.63) is 24.5 Å². The third-order valence-corrected chi connectivity index (χ3v) is 4.36. The van der Waals surface area contributed by atoms with Crippen molar-refractivity contribution in [3.8, 4) is 0 Å². The van der Waals surface area contributed by atoms with Gasteiger partial charge in [0.25, 0.3) is 0 Å². The molecule has 1 saturated carbocycles. The van der Waals surface area contributed by atoms with Gasteiger partial charge in [0, 0.05) is 11.7 Å². The summed E-state index contributed by atoms with van der Waals surface area (Å²) < 4.78 is 2.35. The van der Waals surface area contributed by atoms with Crippen molar-refractivity contribution in [2.75, 3.05) is 5.73 Å². The third kappa shape index (κ3) is 2.34. The molecule has 0 aliphatic heterocycles. The molecule has 0 amide bonds. The van der Waals surface area contributed by atoms with Crippen LogP contribution in [0.3, 0.4) is 0 Å². The predicted octanol–water partition coefficient (Wildman–Crippen LogP) is 4.01. The molecule has 0 unspecified atom stereocenters. The molecule has 0 spiro atoms. The van der Waals surface area contributed by atoms with Crippen molar-refractivity contribution in [2.24, 2.45) is 11.3 Å². The summed E-state index contributed by atoms with van der Waals surface area (Å²) in [6.07, 6.45) is 5.79. The average molecular weight is 257 g/mol. The molecule has 2 aromatic rings. The Hall–Kier alpha value is -1.51. The van der Waals surface area contributed by atoms with Gasteiger partial charge in [-0.25, -0.2) is 4.98 Å². The van der Waals surface area contributed by atoms with Crippen LogP contribution in [0, 0.1) is 11.3 Å². The van der Waals surface area contributed by atoms with Crippen molar-refractivity contribution in [1.82, 2.24) is 9.55 Å². The molecule has 102 valence electrons. The van der Waals surface area contributed by atoms with E-state index in [0.29, 0.717) is 11.5 Å². The summed E-state index contributed by atoms with van der Waals surface area (Å²) in [4.78, 5) is 4.51. The molecule has 3 nitrogen and oxygen atoms in total. The van der Waals surface area contributed by atoms with E-state index >= 15 is 0 Å². The molecule has 1 fully saturated rings. The Balaban J connectivity index is 2.00.